The lowest BCUT2D eigenvalue weighted by molar-refractivity contribution is 0.0513. The zero-order valence-electron chi connectivity index (χ0n) is 12.5. The number of nitrogens with one attached hydrogen (secondary N) is 2. The molecule has 0 spiro atoms. The van der Waals surface area contributed by atoms with E-state index in [1.807, 2.05) is 0 Å². The number of carbonyl (C=O) groups is 1. The molecule has 2 N–H and O–H groups in total. The highest BCUT2D eigenvalue weighted by molar-refractivity contribution is 6.06. The van der Waals surface area contributed by atoms with Crippen LogP contribution in [0.3, 0.4) is 0 Å². The van der Waals surface area contributed by atoms with Crippen LogP contribution >= 0.6 is 0 Å². The predicted octanol–water partition coefficient (Wildman–Crippen LogP) is 3.31. The summed E-state index contributed by atoms with van der Waals surface area (Å²) in [5.74, 6) is -1.03. The number of anilines is 2. The minimum absolute atomic E-state index is 0.0187. The molecule has 0 saturated heterocycles. The summed E-state index contributed by atoms with van der Waals surface area (Å²) in [5, 5.41) is 3.47. The third-order valence-electron chi connectivity index (χ3n) is 3.27. The Hall–Kier alpha value is -2.93. The van der Waals surface area contributed by atoms with E-state index in [0.29, 0.717) is 16.7 Å². The Labute approximate surface area is 131 Å². The molecule has 0 bridgehead atoms. The van der Waals surface area contributed by atoms with Crippen molar-refractivity contribution in [3.05, 3.63) is 53.8 Å². The van der Waals surface area contributed by atoms with Crippen molar-refractivity contribution in [1.29, 1.82) is 0 Å². The van der Waals surface area contributed by atoms with Crippen LogP contribution < -0.4 is 10.8 Å². The highest BCUT2D eigenvalue weighted by Crippen LogP contribution is 2.33. The van der Waals surface area contributed by atoms with E-state index in [-0.39, 0.29) is 11.4 Å². The summed E-state index contributed by atoms with van der Waals surface area (Å²) >= 11 is 0. The van der Waals surface area contributed by atoms with Gasteiger partial charge < -0.3 is 9.73 Å². The third kappa shape index (κ3) is 2.86. The van der Waals surface area contributed by atoms with E-state index in [0.717, 1.165) is 5.56 Å². The molecular formula is C16H14FN3O3. The number of fused-ring (bicyclic) bond motifs is 1. The highest BCUT2D eigenvalue weighted by Gasteiger charge is 2.21. The summed E-state index contributed by atoms with van der Waals surface area (Å²) in [6.07, 6.45) is 3.08. The zero-order valence-corrected chi connectivity index (χ0v) is 12.5. The molecule has 3 aromatic rings. The van der Waals surface area contributed by atoms with Crippen molar-refractivity contribution >= 4 is 28.3 Å². The number of aromatic nitrogens is 1. The molecular weight excluding hydrogens is 301 g/mol. The summed E-state index contributed by atoms with van der Waals surface area (Å²) in [5.41, 5.74) is 3.99. The number of rotatable bonds is 4. The topological polar surface area (TPSA) is 76.4 Å². The molecule has 2 heterocycles. The van der Waals surface area contributed by atoms with Gasteiger partial charge in [-0.25, -0.2) is 9.87 Å². The number of pyridine rings is 1. The largest absolute Gasteiger partial charge is 0.448 e. The normalized spacial score (nSPS) is 10.7. The molecule has 0 radical (unpaired) electrons. The number of halogens is 1. The summed E-state index contributed by atoms with van der Waals surface area (Å²) in [4.78, 5) is 20.7. The van der Waals surface area contributed by atoms with Crippen LogP contribution in [0, 0.1) is 12.7 Å². The molecule has 6 nitrogen and oxygen atoms in total. The molecule has 3 rings (SSSR count). The molecule has 1 aromatic carbocycles. The number of benzene rings is 1. The highest BCUT2D eigenvalue weighted by atomic mass is 19.1. The second kappa shape index (κ2) is 6.05. The van der Waals surface area contributed by atoms with Gasteiger partial charge in [0.05, 0.1) is 18.2 Å². The van der Waals surface area contributed by atoms with E-state index in [2.05, 4.69) is 20.6 Å². The van der Waals surface area contributed by atoms with Crippen molar-refractivity contribution in [3.8, 4) is 0 Å². The van der Waals surface area contributed by atoms with Crippen molar-refractivity contribution in [2.75, 3.05) is 12.4 Å². The summed E-state index contributed by atoms with van der Waals surface area (Å²) in [7, 11) is 1.31. The fourth-order valence-electron chi connectivity index (χ4n) is 2.22. The fraction of sp³-hybridized carbons (Fsp3) is 0.125. The number of furan rings is 1. The Balaban J connectivity index is 2.10. The molecule has 7 heteroatoms. The number of hydrogen-bond acceptors (Lipinski definition) is 5. The van der Waals surface area contributed by atoms with Gasteiger partial charge in [0.2, 0.25) is 5.76 Å². The Kier molecular flexibility index (Phi) is 3.94. The van der Waals surface area contributed by atoms with Gasteiger partial charge in [-0.1, -0.05) is 6.07 Å². The summed E-state index contributed by atoms with van der Waals surface area (Å²) in [6, 6.07) is 6.38. The van der Waals surface area contributed by atoms with Gasteiger partial charge in [-0.3, -0.25) is 14.6 Å². The predicted molar refractivity (Wildman–Crippen MR) is 82.9 cm³/mol. The maximum absolute atomic E-state index is 14.1. The quantitative estimate of drug-likeness (QED) is 0.722. The average Bonchev–Trinajstić information content (AvgIpc) is 2.89. The van der Waals surface area contributed by atoms with Crippen LogP contribution in [0.25, 0.3) is 11.0 Å². The first-order chi connectivity index (χ1) is 11.1. The lowest BCUT2D eigenvalue weighted by Crippen LogP contribution is -2.22. The molecule has 0 unspecified atom stereocenters. The number of hydrogen-bond donors (Lipinski definition) is 2. The van der Waals surface area contributed by atoms with Gasteiger partial charge in [-0.15, -0.1) is 0 Å². The van der Waals surface area contributed by atoms with Crippen molar-refractivity contribution in [2.45, 2.75) is 6.92 Å². The molecule has 2 aromatic heterocycles. The molecule has 0 aliphatic heterocycles. The van der Waals surface area contributed by atoms with E-state index in [1.54, 1.807) is 31.3 Å². The molecule has 0 fully saturated rings. The van der Waals surface area contributed by atoms with Gasteiger partial charge in [0.15, 0.2) is 0 Å². The van der Waals surface area contributed by atoms with Crippen LogP contribution in [-0.4, -0.2) is 18.0 Å². The van der Waals surface area contributed by atoms with E-state index >= 15 is 0 Å². The van der Waals surface area contributed by atoms with E-state index in [1.165, 1.54) is 19.4 Å². The number of carbonyl (C=O) groups excluding carboxylic acids is 1. The zero-order chi connectivity index (χ0) is 16.4. The molecule has 0 aliphatic carbocycles. The van der Waals surface area contributed by atoms with Gasteiger partial charge in [-0.05, 0) is 30.7 Å². The summed E-state index contributed by atoms with van der Waals surface area (Å²) < 4.78 is 19.6. The Morgan fingerprint density at radius 3 is 2.91 bits per heavy atom. The Morgan fingerprint density at radius 2 is 2.17 bits per heavy atom. The van der Waals surface area contributed by atoms with Crippen molar-refractivity contribution in [2.24, 2.45) is 0 Å². The maximum Gasteiger partial charge on any atom is 0.312 e. The minimum Gasteiger partial charge on any atom is -0.448 e. The lowest BCUT2D eigenvalue weighted by atomic mass is 10.2. The first kappa shape index (κ1) is 15.0. The van der Waals surface area contributed by atoms with Crippen molar-refractivity contribution < 1.29 is 18.4 Å². The minimum atomic E-state index is -0.585. The SMILES string of the molecule is CONC(=O)c1oc2ccncc2c1Nc1ccc(C)cc1F. The standard InChI is InChI=1S/C16H14FN3O3/c1-9-3-4-12(11(17)7-9)19-14-10-8-18-6-5-13(10)23-15(14)16(21)20-22-2/h3-8,19H,1-2H3,(H,20,21). The molecule has 23 heavy (non-hydrogen) atoms. The average molecular weight is 315 g/mol. The number of aryl methyl sites for hydroxylation is 1. The van der Waals surface area contributed by atoms with Crippen LogP contribution in [0.15, 0.2) is 41.1 Å². The monoisotopic (exact) mass is 315 g/mol. The van der Waals surface area contributed by atoms with Gasteiger partial charge >= 0.3 is 5.91 Å². The second-order valence-electron chi connectivity index (χ2n) is 4.92. The molecule has 1 amide bonds. The van der Waals surface area contributed by atoms with Crippen LogP contribution in [-0.2, 0) is 4.84 Å². The number of amides is 1. The third-order valence-corrected chi connectivity index (χ3v) is 3.27. The second-order valence-corrected chi connectivity index (χ2v) is 4.92. The van der Waals surface area contributed by atoms with Gasteiger partial charge in [0.25, 0.3) is 0 Å². The Morgan fingerprint density at radius 1 is 1.35 bits per heavy atom. The summed E-state index contributed by atoms with van der Waals surface area (Å²) in [6.45, 7) is 1.79. The van der Waals surface area contributed by atoms with Gasteiger partial charge in [0.1, 0.15) is 17.1 Å². The van der Waals surface area contributed by atoms with Crippen LogP contribution in [0.4, 0.5) is 15.8 Å². The van der Waals surface area contributed by atoms with Crippen LogP contribution in [0.2, 0.25) is 0 Å². The van der Waals surface area contributed by atoms with Gasteiger partial charge in [0, 0.05) is 12.4 Å². The van der Waals surface area contributed by atoms with Crippen molar-refractivity contribution in [3.63, 3.8) is 0 Å². The van der Waals surface area contributed by atoms with Gasteiger partial charge in [-0.2, -0.15) is 0 Å². The van der Waals surface area contributed by atoms with Crippen LogP contribution in [0.5, 0.6) is 0 Å². The molecule has 118 valence electrons. The maximum atomic E-state index is 14.1. The Bertz CT molecular complexity index is 876. The molecule has 0 saturated carbocycles. The first-order valence-electron chi connectivity index (χ1n) is 6.83. The fourth-order valence-corrected chi connectivity index (χ4v) is 2.22. The van der Waals surface area contributed by atoms with Crippen molar-refractivity contribution in [1.82, 2.24) is 10.5 Å². The van der Waals surface area contributed by atoms with E-state index < -0.39 is 11.7 Å². The number of nitrogens with zero attached hydrogens (tertiary/aromatic N) is 1. The first-order valence-corrected chi connectivity index (χ1v) is 6.83. The smallest absolute Gasteiger partial charge is 0.312 e. The molecule has 0 atom stereocenters. The molecule has 0 aliphatic rings. The van der Waals surface area contributed by atoms with E-state index in [4.69, 9.17) is 4.42 Å². The van der Waals surface area contributed by atoms with Crippen LogP contribution in [0.1, 0.15) is 16.1 Å². The van der Waals surface area contributed by atoms with E-state index in [9.17, 15) is 9.18 Å². The number of hydroxylamine groups is 1. The lowest BCUT2D eigenvalue weighted by Gasteiger charge is -2.08.